The molecule has 1 spiro atoms. The van der Waals surface area contributed by atoms with Crippen molar-refractivity contribution < 1.29 is 14.4 Å². The molecule has 0 aromatic heterocycles. The number of halogens is 2. The Morgan fingerprint density at radius 2 is 1.30 bits per heavy atom. The average molecular weight is 444 g/mol. The van der Waals surface area contributed by atoms with Gasteiger partial charge in [0, 0.05) is 24.8 Å². The van der Waals surface area contributed by atoms with Crippen LogP contribution in [0.15, 0.2) is 12.1 Å². The molecule has 23 heavy (non-hydrogen) atoms. The molecule has 0 bridgehead atoms. The standard InChI is InChI=1S/C16H16Br2N2O3/c1-19-13(21)16(14(22)20(2)15(19)23)5-9-3-11(7-17)12(8-18)4-10(9)6-16/h3-4H,5-8H2,1-2H3. The number of fused-ring (bicyclic) bond motifs is 1. The summed E-state index contributed by atoms with van der Waals surface area (Å²) in [6.07, 6.45) is 0.703. The topological polar surface area (TPSA) is 57.7 Å². The first-order chi connectivity index (χ1) is 10.9. The molecule has 0 radical (unpaired) electrons. The molecule has 7 heteroatoms. The molecule has 1 heterocycles. The Balaban J connectivity index is 2.07. The van der Waals surface area contributed by atoms with Crippen molar-refractivity contribution in [1.29, 1.82) is 0 Å². The highest BCUT2D eigenvalue weighted by atomic mass is 79.9. The fourth-order valence-electron chi connectivity index (χ4n) is 3.52. The highest BCUT2D eigenvalue weighted by Crippen LogP contribution is 2.43. The smallest absolute Gasteiger partial charge is 0.273 e. The van der Waals surface area contributed by atoms with Crippen molar-refractivity contribution in [3.05, 3.63) is 34.4 Å². The molecule has 3 rings (SSSR count). The second-order valence-corrected chi connectivity index (χ2v) is 7.22. The van der Waals surface area contributed by atoms with Gasteiger partial charge < -0.3 is 0 Å². The van der Waals surface area contributed by atoms with E-state index in [2.05, 4.69) is 44.0 Å². The molecule has 4 amide bonds. The molecule has 1 aromatic carbocycles. The third-order valence-electron chi connectivity index (χ3n) is 4.80. The molecule has 2 aliphatic rings. The van der Waals surface area contributed by atoms with Crippen LogP contribution in [-0.4, -0.2) is 41.7 Å². The summed E-state index contributed by atoms with van der Waals surface area (Å²) in [7, 11) is 2.87. The molecular weight excluding hydrogens is 428 g/mol. The highest BCUT2D eigenvalue weighted by molar-refractivity contribution is 9.09. The average Bonchev–Trinajstić information content (AvgIpc) is 2.95. The quantitative estimate of drug-likeness (QED) is 0.521. The number of hydrogen-bond acceptors (Lipinski definition) is 3. The molecule has 122 valence electrons. The number of amides is 4. The van der Waals surface area contributed by atoms with Gasteiger partial charge in [-0.1, -0.05) is 44.0 Å². The van der Waals surface area contributed by atoms with Crippen LogP contribution in [0.2, 0.25) is 0 Å². The summed E-state index contributed by atoms with van der Waals surface area (Å²) in [4.78, 5) is 39.5. The first kappa shape index (κ1) is 16.6. The van der Waals surface area contributed by atoms with Crippen LogP contribution in [0.5, 0.6) is 0 Å². The molecule has 1 aliphatic carbocycles. The van der Waals surface area contributed by atoms with E-state index in [1.807, 2.05) is 0 Å². The second kappa shape index (κ2) is 5.70. The molecule has 1 fully saturated rings. The number of carbonyl (C=O) groups excluding carboxylic acids is 3. The minimum Gasteiger partial charge on any atom is -0.273 e. The van der Waals surface area contributed by atoms with Gasteiger partial charge in [-0.2, -0.15) is 0 Å². The summed E-state index contributed by atoms with van der Waals surface area (Å²) >= 11 is 6.96. The minimum absolute atomic E-state index is 0.352. The first-order valence-electron chi connectivity index (χ1n) is 7.21. The van der Waals surface area contributed by atoms with Crippen LogP contribution < -0.4 is 0 Å². The van der Waals surface area contributed by atoms with Crippen LogP contribution >= 0.6 is 31.9 Å². The van der Waals surface area contributed by atoms with Gasteiger partial charge in [0.2, 0.25) is 11.8 Å². The largest absolute Gasteiger partial charge is 0.332 e. The van der Waals surface area contributed by atoms with E-state index in [0.717, 1.165) is 32.1 Å². The minimum atomic E-state index is -1.17. The summed E-state index contributed by atoms with van der Waals surface area (Å²) < 4.78 is 0. The molecule has 5 nitrogen and oxygen atoms in total. The van der Waals surface area contributed by atoms with Crippen molar-refractivity contribution in [3.8, 4) is 0 Å². The third kappa shape index (κ3) is 2.28. The Morgan fingerprint density at radius 1 is 0.913 bits per heavy atom. The van der Waals surface area contributed by atoms with Crippen molar-refractivity contribution in [2.75, 3.05) is 14.1 Å². The summed E-state index contributed by atoms with van der Waals surface area (Å²) in [6.45, 7) is 0. The van der Waals surface area contributed by atoms with Crippen molar-refractivity contribution in [3.63, 3.8) is 0 Å². The van der Waals surface area contributed by atoms with Crippen LogP contribution in [-0.2, 0) is 33.1 Å². The Bertz CT molecular complexity index is 673. The molecule has 0 atom stereocenters. The molecule has 0 saturated carbocycles. The number of carbonyl (C=O) groups is 3. The van der Waals surface area contributed by atoms with E-state index >= 15 is 0 Å². The zero-order chi connectivity index (χ0) is 16.9. The number of rotatable bonds is 2. The van der Waals surface area contributed by atoms with Gasteiger partial charge in [-0.05, 0) is 35.1 Å². The summed E-state index contributed by atoms with van der Waals surface area (Å²) in [5.41, 5.74) is 3.15. The molecule has 1 aromatic rings. The summed E-state index contributed by atoms with van der Waals surface area (Å²) in [5, 5.41) is 1.43. The normalized spacial score (nSPS) is 19.7. The van der Waals surface area contributed by atoms with Gasteiger partial charge in [-0.3, -0.25) is 19.4 Å². The van der Waals surface area contributed by atoms with Gasteiger partial charge in [0.25, 0.3) is 0 Å². The van der Waals surface area contributed by atoms with Gasteiger partial charge in [0.05, 0.1) is 0 Å². The van der Waals surface area contributed by atoms with Crippen LogP contribution in [0.25, 0.3) is 0 Å². The Labute approximate surface area is 151 Å². The van der Waals surface area contributed by atoms with Crippen LogP contribution in [0.3, 0.4) is 0 Å². The monoisotopic (exact) mass is 442 g/mol. The van der Waals surface area contributed by atoms with Gasteiger partial charge in [-0.15, -0.1) is 0 Å². The van der Waals surface area contributed by atoms with Gasteiger partial charge in [0.1, 0.15) is 5.41 Å². The van der Waals surface area contributed by atoms with Crippen molar-refractivity contribution in [1.82, 2.24) is 9.80 Å². The predicted molar refractivity (Wildman–Crippen MR) is 92.5 cm³/mol. The number of benzene rings is 1. The van der Waals surface area contributed by atoms with Gasteiger partial charge in [0.15, 0.2) is 0 Å². The van der Waals surface area contributed by atoms with E-state index in [9.17, 15) is 14.4 Å². The third-order valence-corrected chi connectivity index (χ3v) is 6.00. The van der Waals surface area contributed by atoms with Crippen molar-refractivity contribution in [2.45, 2.75) is 23.5 Å². The SMILES string of the molecule is CN1C(=O)N(C)C(=O)C2(Cc3cc(CBr)c(CBr)cc3C2)C1=O. The zero-order valence-corrected chi connectivity index (χ0v) is 16.0. The number of barbiturate groups is 1. The number of alkyl halides is 2. The lowest BCUT2D eigenvalue weighted by molar-refractivity contribution is -0.156. The Morgan fingerprint density at radius 3 is 1.65 bits per heavy atom. The van der Waals surface area contributed by atoms with E-state index in [0.29, 0.717) is 23.5 Å². The zero-order valence-electron chi connectivity index (χ0n) is 12.9. The molecular formula is C16H16Br2N2O3. The fraction of sp³-hybridized carbons (Fsp3) is 0.438. The lowest BCUT2D eigenvalue weighted by atomic mass is 9.80. The Hall–Kier alpha value is -1.21. The van der Waals surface area contributed by atoms with Crippen molar-refractivity contribution >= 4 is 49.7 Å². The van der Waals surface area contributed by atoms with E-state index in [1.165, 1.54) is 14.1 Å². The number of urea groups is 1. The van der Waals surface area contributed by atoms with E-state index < -0.39 is 23.3 Å². The number of nitrogens with zero attached hydrogens (tertiary/aromatic N) is 2. The first-order valence-corrected chi connectivity index (χ1v) is 9.45. The Kier molecular flexibility index (Phi) is 4.13. The molecule has 1 aliphatic heterocycles. The van der Waals surface area contributed by atoms with E-state index in [-0.39, 0.29) is 0 Å². The lowest BCUT2D eigenvalue weighted by Gasteiger charge is -2.39. The fourth-order valence-corrected chi connectivity index (χ4v) is 4.56. The van der Waals surface area contributed by atoms with Crippen LogP contribution in [0, 0.1) is 5.41 Å². The molecule has 1 saturated heterocycles. The van der Waals surface area contributed by atoms with Crippen LogP contribution in [0.4, 0.5) is 4.79 Å². The molecule has 0 unspecified atom stereocenters. The second-order valence-electron chi connectivity index (χ2n) is 6.10. The highest BCUT2D eigenvalue weighted by Gasteiger charge is 2.57. The lowest BCUT2D eigenvalue weighted by Crippen LogP contribution is -2.63. The summed E-state index contributed by atoms with van der Waals surface area (Å²) in [6, 6.07) is 3.56. The van der Waals surface area contributed by atoms with Gasteiger partial charge >= 0.3 is 6.03 Å². The number of imide groups is 2. The van der Waals surface area contributed by atoms with Gasteiger partial charge in [-0.25, -0.2) is 4.79 Å². The maximum atomic E-state index is 12.7. The summed E-state index contributed by atoms with van der Waals surface area (Å²) in [5.74, 6) is -0.801. The van der Waals surface area contributed by atoms with Crippen LogP contribution in [0.1, 0.15) is 22.3 Å². The number of hydrogen-bond donors (Lipinski definition) is 0. The van der Waals surface area contributed by atoms with E-state index in [1.54, 1.807) is 0 Å². The maximum Gasteiger partial charge on any atom is 0.332 e. The van der Waals surface area contributed by atoms with E-state index in [4.69, 9.17) is 0 Å². The maximum absolute atomic E-state index is 12.7. The van der Waals surface area contributed by atoms with Crippen molar-refractivity contribution in [2.24, 2.45) is 5.41 Å². The molecule has 0 N–H and O–H groups in total. The predicted octanol–water partition coefficient (Wildman–Crippen LogP) is 2.61.